The van der Waals surface area contributed by atoms with Gasteiger partial charge in [0.2, 0.25) is 0 Å². The van der Waals surface area contributed by atoms with E-state index < -0.39 is 5.60 Å². The van der Waals surface area contributed by atoms with Crippen LogP contribution in [0.1, 0.15) is 33.6 Å². The van der Waals surface area contributed by atoms with Crippen LogP contribution in [0.5, 0.6) is 0 Å². The second-order valence-corrected chi connectivity index (χ2v) is 6.03. The standard InChI is InChI=1S/C12H21NO3/c1-12(2,3)16-11(15)13-6-8-4-10(14)5-9(8)7-13/h8-10,14H,4-7H2,1-3H3/t8-,9?,10?/m0/s1. The highest BCUT2D eigenvalue weighted by Gasteiger charge is 2.42. The van der Waals surface area contributed by atoms with E-state index in [2.05, 4.69) is 0 Å². The summed E-state index contributed by atoms with van der Waals surface area (Å²) in [6.07, 6.45) is 1.31. The van der Waals surface area contributed by atoms with Crippen molar-refractivity contribution in [1.29, 1.82) is 0 Å². The van der Waals surface area contributed by atoms with E-state index in [1.165, 1.54) is 0 Å². The van der Waals surface area contributed by atoms with Crippen LogP contribution < -0.4 is 0 Å². The molecule has 0 aromatic rings. The molecule has 2 fully saturated rings. The summed E-state index contributed by atoms with van der Waals surface area (Å²) in [7, 11) is 0. The number of carbonyl (C=O) groups excluding carboxylic acids is 1. The number of hydrogen-bond acceptors (Lipinski definition) is 3. The lowest BCUT2D eigenvalue weighted by Gasteiger charge is -2.25. The number of ether oxygens (including phenoxy) is 1. The molecule has 4 heteroatoms. The third kappa shape index (κ3) is 2.48. The van der Waals surface area contributed by atoms with Gasteiger partial charge < -0.3 is 14.7 Å². The average molecular weight is 227 g/mol. The molecule has 1 saturated carbocycles. The monoisotopic (exact) mass is 227 g/mol. The van der Waals surface area contributed by atoms with Crippen LogP contribution in [0, 0.1) is 11.8 Å². The molecule has 4 nitrogen and oxygen atoms in total. The smallest absolute Gasteiger partial charge is 0.410 e. The second-order valence-electron chi connectivity index (χ2n) is 6.03. The molecular weight excluding hydrogens is 206 g/mol. The third-order valence-electron chi connectivity index (χ3n) is 3.38. The fraction of sp³-hybridized carbons (Fsp3) is 0.917. The molecule has 2 aliphatic rings. The number of likely N-dealkylation sites (tertiary alicyclic amines) is 1. The van der Waals surface area contributed by atoms with Crippen molar-refractivity contribution >= 4 is 6.09 Å². The average Bonchev–Trinajstić information content (AvgIpc) is 2.56. The first kappa shape index (κ1) is 11.7. The maximum atomic E-state index is 11.8. The summed E-state index contributed by atoms with van der Waals surface area (Å²) in [4.78, 5) is 13.6. The van der Waals surface area contributed by atoms with Crippen LogP contribution in [-0.2, 0) is 4.74 Å². The molecule has 1 saturated heterocycles. The van der Waals surface area contributed by atoms with E-state index in [0.29, 0.717) is 11.8 Å². The van der Waals surface area contributed by atoms with Crippen molar-refractivity contribution in [3.8, 4) is 0 Å². The molecule has 1 heterocycles. The SMILES string of the molecule is CC(C)(C)OC(=O)N1CC2CC(O)C[C@H]2C1. The largest absolute Gasteiger partial charge is 0.444 e. The number of carbonyl (C=O) groups is 1. The lowest BCUT2D eigenvalue weighted by molar-refractivity contribution is 0.0269. The van der Waals surface area contributed by atoms with Gasteiger partial charge in [0, 0.05) is 13.1 Å². The summed E-state index contributed by atoms with van der Waals surface area (Å²) in [5, 5.41) is 9.51. The molecule has 0 bridgehead atoms. The Bertz CT molecular complexity index is 270. The van der Waals surface area contributed by atoms with Crippen molar-refractivity contribution in [1.82, 2.24) is 4.90 Å². The Morgan fingerprint density at radius 3 is 2.19 bits per heavy atom. The number of fused-ring (bicyclic) bond motifs is 1. The number of aliphatic hydroxyl groups excluding tert-OH is 1. The van der Waals surface area contributed by atoms with Gasteiger partial charge in [-0.3, -0.25) is 0 Å². The first-order valence-corrected chi connectivity index (χ1v) is 6.01. The fourth-order valence-corrected chi connectivity index (χ4v) is 2.74. The first-order valence-electron chi connectivity index (χ1n) is 6.01. The van der Waals surface area contributed by atoms with Gasteiger partial charge >= 0.3 is 6.09 Å². The quantitative estimate of drug-likeness (QED) is 0.684. The zero-order valence-corrected chi connectivity index (χ0v) is 10.3. The molecule has 1 aliphatic carbocycles. The number of rotatable bonds is 0. The highest BCUT2D eigenvalue weighted by molar-refractivity contribution is 5.68. The number of aliphatic hydroxyl groups is 1. The summed E-state index contributed by atoms with van der Waals surface area (Å²) in [5.41, 5.74) is -0.422. The Kier molecular flexibility index (Phi) is 2.86. The Balaban J connectivity index is 1.88. The van der Waals surface area contributed by atoms with Crippen molar-refractivity contribution < 1.29 is 14.6 Å². The minimum absolute atomic E-state index is 0.157. The molecule has 0 aromatic carbocycles. The summed E-state index contributed by atoms with van der Waals surface area (Å²) in [6.45, 7) is 7.13. The van der Waals surface area contributed by atoms with Crippen molar-refractivity contribution in [3.63, 3.8) is 0 Å². The minimum atomic E-state index is -0.422. The highest BCUT2D eigenvalue weighted by Crippen LogP contribution is 2.38. The van der Waals surface area contributed by atoms with E-state index in [1.54, 1.807) is 4.90 Å². The van der Waals surface area contributed by atoms with Crippen molar-refractivity contribution in [3.05, 3.63) is 0 Å². The van der Waals surface area contributed by atoms with Crippen molar-refractivity contribution in [2.75, 3.05) is 13.1 Å². The molecule has 1 amide bonds. The Morgan fingerprint density at radius 2 is 1.75 bits per heavy atom. The van der Waals surface area contributed by atoms with Crippen LogP contribution in [0.25, 0.3) is 0 Å². The predicted octanol–water partition coefficient (Wildman–Crippen LogP) is 1.62. The lowest BCUT2D eigenvalue weighted by Crippen LogP contribution is -2.36. The Labute approximate surface area is 96.6 Å². The second kappa shape index (κ2) is 3.91. The molecule has 0 spiro atoms. The van der Waals surface area contributed by atoms with Gasteiger partial charge in [0.1, 0.15) is 5.60 Å². The molecule has 1 aliphatic heterocycles. The van der Waals surface area contributed by atoms with Crippen LogP contribution in [0.4, 0.5) is 4.79 Å². The van der Waals surface area contributed by atoms with Gasteiger partial charge in [-0.1, -0.05) is 0 Å². The molecule has 2 unspecified atom stereocenters. The topological polar surface area (TPSA) is 49.8 Å². The van der Waals surface area contributed by atoms with Gasteiger partial charge in [0.05, 0.1) is 6.10 Å². The molecule has 0 radical (unpaired) electrons. The van der Waals surface area contributed by atoms with Gasteiger partial charge in [-0.05, 0) is 45.4 Å². The van der Waals surface area contributed by atoms with E-state index in [4.69, 9.17) is 4.74 Å². The molecule has 3 atom stereocenters. The van der Waals surface area contributed by atoms with Crippen molar-refractivity contribution in [2.24, 2.45) is 11.8 Å². The van der Waals surface area contributed by atoms with E-state index in [0.717, 1.165) is 25.9 Å². The van der Waals surface area contributed by atoms with Crippen LogP contribution in [-0.4, -0.2) is 40.9 Å². The van der Waals surface area contributed by atoms with Gasteiger partial charge in [-0.2, -0.15) is 0 Å². The third-order valence-corrected chi connectivity index (χ3v) is 3.38. The van der Waals surface area contributed by atoms with Gasteiger partial charge in [0.15, 0.2) is 0 Å². The van der Waals surface area contributed by atoms with Crippen LogP contribution in [0.2, 0.25) is 0 Å². The molecule has 1 N–H and O–H groups in total. The molecule has 0 aromatic heterocycles. The summed E-state index contributed by atoms with van der Waals surface area (Å²) in [5.74, 6) is 0.949. The van der Waals surface area contributed by atoms with Crippen molar-refractivity contribution in [2.45, 2.75) is 45.3 Å². The minimum Gasteiger partial charge on any atom is -0.444 e. The normalized spacial score (nSPS) is 34.0. The Morgan fingerprint density at radius 1 is 1.25 bits per heavy atom. The maximum absolute atomic E-state index is 11.8. The number of amides is 1. The van der Waals surface area contributed by atoms with Gasteiger partial charge in [-0.15, -0.1) is 0 Å². The molecule has 2 rings (SSSR count). The number of nitrogens with zero attached hydrogens (tertiary/aromatic N) is 1. The van der Waals surface area contributed by atoms with E-state index in [9.17, 15) is 9.90 Å². The van der Waals surface area contributed by atoms with E-state index >= 15 is 0 Å². The Hall–Kier alpha value is -0.770. The lowest BCUT2D eigenvalue weighted by atomic mass is 10.0. The van der Waals surface area contributed by atoms with E-state index in [1.807, 2.05) is 20.8 Å². The summed E-state index contributed by atoms with van der Waals surface area (Å²) >= 11 is 0. The molecule has 16 heavy (non-hydrogen) atoms. The van der Waals surface area contributed by atoms with E-state index in [-0.39, 0.29) is 12.2 Å². The number of hydrogen-bond donors (Lipinski definition) is 1. The zero-order valence-electron chi connectivity index (χ0n) is 10.3. The van der Waals surface area contributed by atoms with Crippen LogP contribution in [0.3, 0.4) is 0 Å². The molecule has 92 valence electrons. The van der Waals surface area contributed by atoms with Gasteiger partial charge in [-0.25, -0.2) is 4.79 Å². The summed E-state index contributed by atoms with van der Waals surface area (Å²) < 4.78 is 5.34. The predicted molar refractivity (Wildman–Crippen MR) is 60.0 cm³/mol. The summed E-state index contributed by atoms with van der Waals surface area (Å²) in [6, 6.07) is 0. The highest BCUT2D eigenvalue weighted by atomic mass is 16.6. The zero-order chi connectivity index (χ0) is 11.9. The first-order chi connectivity index (χ1) is 7.35. The maximum Gasteiger partial charge on any atom is 0.410 e. The van der Waals surface area contributed by atoms with Crippen LogP contribution in [0.15, 0.2) is 0 Å². The molecular formula is C12H21NO3. The van der Waals surface area contributed by atoms with Crippen LogP contribution >= 0.6 is 0 Å². The fourth-order valence-electron chi connectivity index (χ4n) is 2.74. The van der Waals surface area contributed by atoms with Gasteiger partial charge in [0.25, 0.3) is 0 Å².